The SMILES string of the molecule is CC(C)[C@H](NC(=O)N(CC(=O)O)NC(=O)[C@@H](NC(=O)[C@@H]1CCCN1)[C@@H](C)O)C(=O)NCC(=O)N1CCC[C@H]1C(=O)N[C@@H](Cc1ccccc1)C(=O)N[C@@H](C)C(=O)N[C@@H](Cc1ccccc1)C(N)=O. The molecule has 0 spiro atoms. The minimum atomic E-state index is -1.58. The Morgan fingerprint density at radius 3 is 1.88 bits per heavy atom. The molecule has 370 valence electrons. The predicted octanol–water partition coefficient (Wildman–Crippen LogP) is -2.69. The molecule has 0 saturated carbocycles. The molecular weight excluding hydrogens is 887 g/mol. The van der Waals surface area contributed by atoms with Crippen LogP contribution in [-0.4, -0.2) is 154 Å². The Morgan fingerprint density at radius 2 is 1.34 bits per heavy atom. The first kappa shape index (κ1) is 53.5. The van der Waals surface area contributed by atoms with E-state index in [-0.39, 0.29) is 25.8 Å². The molecule has 2 aliphatic heterocycles. The minimum Gasteiger partial charge on any atom is -0.480 e. The Hall–Kier alpha value is -7.14. The van der Waals surface area contributed by atoms with Crippen LogP contribution in [0.2, 0.25) is 0 Å². The van der Waals surface area contributed by atoms with E-state index < -0.39 is 127 Å². The number of rotatable bonds is 22. The van der Waals surface area contributed by atoms with E-state index in [0.29, 0.717) is 36.4 Å². The number of likely N-dealkylation sites (tertiary alicyclic amines) is 1. The van der Waals surface area contributed by atoms with Crippen molar-refractivity contribution in [1.29, 1.82) is 0 Å². The lowest BCUT2D eigenvalue weighted by atomic mass is 10.0. The molecular formula is C45H63N11O12. The summed E-state index contributed by atoms with van der Waals surface area (Å²) in [4.78, 5) is 132. The van der Waals surface area contributed by atoms with Crippen LogP contribution in [0.15, 0.2) is 60.7 Å². The molecule has 2 aromatic rings. The Balaban J connectivity index is 1.38. The van der Waals surface area contributed by atoms with Gasteiger partial charge in [0, 0.05) is 19.4 Å². The quantitative estimate of drug-likeness (QED) is 0.0537. The van der Waals surface area contributed by atoms with Crippen molar-refractivity contribution in [2.45, 2.75) is 115 Å². The highest BCUT2D eigenvalue weighted by molar-refractivity contribution is 5.97. The van der Waals surface area contributed by atoms with Gasteiger partial charge in [0.15, 0.2) is 0 Å². The van der Waals surface area contributed by atoms with E-state index in [0.717, 1.165) is 5.56 Å². The number of carboxylic acid groups (broad SMARTS) is 1. The molecule has 0 radical (unpaired) electrons. The highest BCUT2D eigenvalue weighted by atomic mass is 16.4. The number of nitrogens with zero attached hydrogens (tertiary/aromatic N) is 2. The van der Waals surface area contributed by atoms with Crippen molar-refractivity contribution in [3.05, 3.63) is 71.8 Å². The first-order valence-corrected chi connectivity index (χ1v) is 22.4. The number of nitrogens with two attached hydrogens (primary N) is 1. The number of urea groups is 1. The Labute approximate surface area is 393 Å². The van der Waals surface area contributed by atoms with Gasteiger partial charge in [0.05, 0.1) is 18.7 Å². The number of hydrogen-bond acceptors (Lipinski definition) is 12. The van der Waals surface area contributed by atoms with Gasteiger partial charge in [-0.3, -0.25) is 48.6 Å². The maximum absolute atomic E-state index is 13.9. The lowest BCUT2D eigenvalue weighted by molar-refractivity contribution is -0.141. The second kappa shape index (κ2) is 25.7. The number of aliphatic carboxylic acids is 1. The van der Waals surface area contributed by atoms with Crippen LogP contribution in [0.3, 0.4) is 0 Å². The smallest absolute Gasteiger partial charge is 0.337 e. The maximum atomic E-state index is 13.9. The molecule has 0 aromatic heterocycles. The van der Waals surface area contributed by atoms with Crippen LogP contribution in [0.25, 0.3) is 0 Å². The number of amides is 10. The number of benzene rings is 2. The van der Waals surface area contributed by atoms with E-state index in [1.807, 2.05) is 0 Å². The number of carbonyl (C=O) groups is 10. The van der Waals surface area contributed by atoms with Crippen LogP contribution < -0.4 is 48.4 Å². The first-order chi connectivity index (χ1) is 32.2. The maximum Gasteiger partial charge on any atom is 0.337 e. The van der Waals surface area contributed by atoms with Crippen LogP contribution in [0.1, 0.15) is 64.5 Å². The molecule has 68 heavy (non-hydrogen) atoms. The number of carboxylic acids is 1. The molecule has 0 bridgehead atoms. The average molecular weight is 950 g/mol. The van der Waals surface area contributed by atoms with Crippen LogP contribution in [-0.2, 0) is 56.0 Å². The van der Waals surface area contributed by atoms with Crippen molar-refractivity contribution in [2.75, 3.05) is 26.2 Å². The summed E-state index contributed by atoms with van der Waals surface area (Å²) in [5.41, 5.74) is 9.09. The first-order valence-electron chi connectivity index (χ1n) is 22.4. The third-order valence-electron chi connectivity index (χ3n) is 11.4. The zero-order valence-electron chi connectivity index (χ0n) is 38.5. The summed E-state index contributed by atoms with van der Waals surface area (Å²) in [7, 11) is 0. The second-order valence-corrected chi connectivity index (χ2v) is 17.1. The van der Waals surface area contributed by atoms with Gasteiger partial charge in [0.25, 0.3) is 5.91 Å². The van der Waals surface area contributed by atoms with E-state index >= 15 is 0 Å². The molecule has 12 N–H and O–H groups in total. The number of hydrogen-bond donors (Lipinski definition) is 11. The molecule has 10 amide bonds. The van der Waals surface area contributed by atoms with Gasteiger partial charge in [-0.1, -0.05) is 74.5 Å². The molecule has 2 heterocycles. The number of aliphatic hydroxyl groups excluding tert-OH is 1. The van der Waals surface area contributed by atoms with E-state index in [4.69, 9.17) is 5.73 Å². The van der Waals surface area contributed by atoms with Crippen LogP contribution in [0.4, 0.5) is 4.79 Å². The number of aliphatic hydroxyl groups is 1. The number of primary amides is 1. The summed E-state index contributed by atoms with van der Waals surface area (Å²) >= 11 is 0. The molecule has 8 atom stereocenters. The van der Waals surface area contributed by atoms with Crippen molar-refractivity contribution in [3.8, 4) is 0 Å². The van der Waals surface area contributed by atoms with Crippen LogP contribution in [0.5, 0.6) is 0 Å². The fourth-order valence-corrected chi connectivity index (χ4v) is 7.60. The summed E-state index contributed by atoms with van der Waals surface area (Å²) in [5.74, 6) is -8.27. The summed E-state index contributed by atoms with van der Waals surface area (Å²) in [6, 6.07) is 8.33. The fourth-order valence-electron chi connectivity index (χ4n) is 7.60. The van der Waals surface area contributed by atoms with Gasteiger partial charge in [0.1, 0.15) is 42.8 Å². The van der Waals surface area contributed by atoms with Crippen molar-refractivity contribution in [1.82, 2.24) is 52.6 Å². The van der Waals surface area contributed by atoms with Crippen molar-refractivity contribution < 1.29 is 58.2 Å². The van der Waals surface area contributed by atoms with E-state index in [1.54, 1.807) is 74.5 Å². The Bertz CT molecular complexity index is 2120. The lowest BCUT2D eigenvalue weighted by Gasteiger charge is -2.30. The zero-order chi connectivity index (χ0) is 50.1. The number of carbonyl (C=O) groups excluding carboxylic acids is 9. The largest absolute Gasteiger partial charge is 0.480 e. The number of hydrazine groups is 1. The third-order valence-corrected chi connectivity index (χ3v) is 11.4. The van der Waals surface area contributed by atoms with Crippen molar-refractivity contribution in [2.24, 2.45) is 11.7 Å². The molecule has 2 saturated heterocycles. The number of nitrogens with one attached hydrogen (secondary N) is 8. The molecule has 2 aromatic carbocycles. The summed E-state index contributed by atoms with van der Waals surface area (Å²) in [5, 5.41) is 38.2. The van der Waals surface area contributed by atoms with Gasteiger partial charge in [-0.2, -0.15) is 0 Å². The summed E-state index contributed by atoms with van der Waals surface area (Å²) in [6.07, 6.45) is 0.496. The molecule has 23 heteroatoms. The fraction of sp³-hybridized carbons (Fsp3) is 0.511. The molecule has 23 nitrogen and oxygen atoms in total. The highest BCUT2D eigenvalue weighted by Gasteiger charge is 2.38. The second-order valence-electron chi connectivity index (χ2n) is 17.1. The average Bonchev–Trinajstić information content (AvgIpc) is 4.03. The van der Waals surface area contributed by atoms with Crippen molar-refractivity contribution >= 4 is 59.3 Å². The molecule has 2 fully saturated rings. The minimum absolute atomic E-state index is 0.00706. The third kappa shape index (κ3) is 16.0. The normalized spacial score (nSPS) is 18.1. The topological polar surface area (TPSA) is 340 Å². The van der Waals surface area contributed by atoms with Gasteiger partial charge >= 0.3 is 12.0 Å². The summed E-state index contributed by atoms with van der Waals surface area (Å²) in [6.45, 7) is 4.74. The lowest BCUT2D eigenvalue weighted by Crippen LogP contribution is -2.63. The van der Waals surface area contributed by atoms with Gasteiger partial charge < -0.3 is 58.1 Å². The zero-order valence-corrected chi connectivity index (χ0v) is 38.5. The van der Waals surface area contributed by atoms with Gasteiger partial charge in [-0.15, -0.1) is 0 Å². The van der Waals surface area contributed by atoms with E-state index in [1.165, 1.54) is 18.7 Å². The van der Waals surface area contributed by atoms with Gasteiger partial charge in [0.2, 0.25) is 41.4 Å². The van der Waals surface area contributed by atoms with Gasteiger partial charge in [-0.05, 0) is 63.1 Å². The van der Waals surface area contributed by atoms with Crippen LogP contribution in [0, 0.1) is 5.92 Å². The van der Waals surface area contributed by atoms with Gasteiger partial charge in [-0.25, -0.2) is 9.80 Å². The predicted molar refractivity (Wildman–Crippen MR) is 243 cm³/mol. The highest BCUT2D eigenvalue weighted by Crippen LogP contribution is 2.18. The van der Waals surface area contributed by atoms with E-state index in [2.05, 4.69) is 42.6 Å². The standard InChI is InChI=1S/C45H63N11O12/c1-25(2)36(53-45(68)56(24-35(59)60)54-44(67)37(27(4)57)52-40(63)30-17-11-19-47-30)43(66)48-23-34(58)55-20-12-18-33(55)42(65)51-32(22-29-15-9-6-10-16-29)41(64)49-26(3)39(62)50-31(38(46)61)21-28-13-7-5-8-14-28/h5-10,13-16,25-27,30-33,36-37,47,57H,11-12,17-24H2,1-4H3,(H2,46,61)(H,48,66)(H,49,64)(H,50,62)(H,51,65)(H,52,63)(H,53,68)(H,54,67)(H,59,60)/t26-,27+,30-,31-,32-,33-,36-,37-/m0/s1. The monoisotopic (exact) mass is 949 g/mol. The summed E-state index contributed by atoms with van der Waals surface area (Å²) < 4.78 is 0. The molecule has 4 rings (SSSR count). The van der Waals surface area contributed by atoms with Crippen LogP contribution >= 0.6 is 0 Å². The van der Waals surface area contributed by atoms with Crippen molar-refractivity contribution in [3.63, 3.8) is 0 Å². The van der Waals surface area contributed by atoms with E-state index in [9.17, 15) is 58.2 Å². The Kier molecular flexibility index (Phi) is 20.2. The molecule has 2 aliphatic rings. The molecule has 0 aliphatic carbocycles. The molecule has 0 unspecified atom stereocenters. The Morgan fingerprint density at radius 1 is 0.721 bits per heavy atom.